The molecule has 0 aliphatic carbocycles. The first-order chi connectivity index (χ1) is 8.68. The number of nitrogens with one attached hydrogen (secondary N) is 1. The maximum Gasteiger partial charge on any atom is 0.170 e. The standard InChI is InChI=1S/C13H38N2OSi4.2CH4/c1-17(2,3)12-20(9,11-15-10-14)13-19(7,8)16-18(4,5)6;;/h15H,10-14H2,1-9H3;2*1H4. The SMILES string of the molecule is C.C.C[Si](C)(C)C[Si](C)(CNCN)C[Si](C)(C)O[Si](C)(C)C. The third-order valence-electron chi connectivity index (χ3n) is 3.09. The minimum atomic E-state index is -1.56. The summed E-state index contributed by atoms with van der Waals surface area (Å²) in [6.45, 7) is 22.4. The minimum Gasteiger partial charge on any atom is -0.456 e. The molecule has 7 heteroatoms. The molecule has 138 valence electrons. The van der Waals surface area contributed by atoms with Gasteiger partial charge in [-0.05, 0) is 44.6 Å². The number of nitrogens with two attached hydrogens (primary N) is 1. The van der Waals surface area contributed by atoms with Crippen molar-refractivity contribution in [3.63, 3.8) is 0 Å². The molecule has 1 atom stereocenters. The molecule has 0 saturated heterocycles. The second-order valence-corrected chi connectivity index (χ2v) is 29.8. The Morgan fingerprint density at radius 3 is 1.59 bits per heavy atom. The third-order valence-corrected chi connectivity index (χ3v) is 23.3. The molecule has 0 bridgehead atoms. The van der Waals surface area contributed by atoms with Gasteiger partial charge in [-0.15, -0.1) is 0 Å². The smallest absolute Gasteiger partial charge is 0.170 e. The van der Waals surface area contributed by atoms with Crippen LogP contribution in [0.25, 0.3) is 0 Å². The summed E-state index contributed by atoms with van der Waals surface area (Å²) in [6.07, 6.45) is 1.15. The molecule has 0 aliphatic heterocycles. The molecule has 0 aromatic carbocycles. The Morgan fingerprint density at radius 1 is 0.818 bits per heavy atom. The van der Waals surface area contributed by atoms with Crippen LogP contribution >= 0.6 is 0 Å². The van der Waals surface area contributed by atoms with Crippen LogP contribution in [0.5, 0.6) is 0 Å². The van der Waals surface area contributed by atoms with E-state index in [1.54, 1.807) is 0 Å². The highest BCUT2D eigenvalue weighted by Crippen LogP contribution is 2.30. The van der Waals surface area contributed by atoms with Gasteiger partial charge in [0.25, 0.3) is 0 Å². The van der Waals surface area contributed by atoms with Crippen LogP contribution in [-0.4, -0.2) is 45.6 Å². The lowest BCUT2D eigenvalue weighted by atomic mass is 11.1. The molecule has 3 N–H and O–H groups in total. The quantitative estimate of drug-likeness (QED) is 0.442. The molecule has 1 unspecified atom stereocenters. The molecule has 0 spiro atoms. The summed E-state index contributed by atoms with van der Waals surface area (Å²) in [7, 11) is -5.34. The molecular weight excluding hydrogens is 337 g/mol. The minimum absolute atomic E-state index is 0. The van der Waals surface area contributed by atoms with Gasteiger partial charge in [0.05, 0.1) is 8.07 Å². The van der Waals surface area contributed by atoms with Crippen molar-refractivity contribution in [2.45, 2.75) is 85.1 Å². The van der Waals surface area contributed by atoms with E-state index in [1.807, 2.05) is 0 Å². The van der Waals surface area contributed by atoms with E-state index in [-0.39, 0.29) is 14.9 Å². The first-order valence-electron chi connectivity index (χ1n) is 7.79. The maximum absolute atomic E-state index is 6.58. The number of hydrogen-bond acceptors (Lipinski definition) is 3. The normalized spacial score (nSPS) is 15.5. The van der Waals surface area contributed by atoms with Crippen molar-refractivity contribution >= 4 is 32.8 Å². The zero-order valence-electron chi connectivity index (χ0n) is 15.3. The highest BCUT2D eigenvalue weighted by molar-refractivity contribution is 7.02. The van der Waals surface area contributed by atoms with Crippen LogP contribution in [-0.2, 0) is 4.12 Å². The molecule has 0 fully saturated rings. The summed E-state index contributed by atoms with van der Waals surface area (Å²) in [5.41, 5.74) is 8.51. The fourth-order valence-electron chi connectivity index (χ4n) is 3.73. The predicted molar refractivity (Wildman–Crippen MR) is 117 cm³/mol. The van der Waals surface area contributed by atoms with Gasteiger partial charge in [0.2, 0.25) is 0 Å². The molecule has 0 radical (unpaired) electrons. The molecule has 3 nitrogen and oxygen atoms in total. The summed E-state index contributed by atoms with van der Waals surface area (Å²) in [5, 5.41) is 3.44. The molecule has 0 aliphatic rings. The van der Waals surface area contributed by atoms with Gasteiger partial charge in [-0.2, -0.15) is 0 Å². The van der Waals surface area contributed by atoms with Gasteiger partial charge in [-0.1, -0.05) is 46.7 Å². The van der Waals surface area contributed by atoms with Gasteiger partial charge in [0.1, 0.15) is 0 Å². The van der Waals surface area contributed by atoms with Crippen molar-refractivity contribution in [1.29, 1.82) is 0 Å². The van der Waals surface area contributed by atoms with Crippen LogP contribution in [0.2, 0.25) is 70.3 Å². The summed E-state index contributed by atoms with van der Waals surface area (Å²) < 4.78 is 6.58. The topological polar surface area (TPSA) is 47.3 Å². The van der Waals surface area contributed by atoms with Gasteiger partial charge < -0.3 is 15.2 Å². The van der Waals surface area contributed by atoms with Crippen molar-refractivity contribution in [3.8, 4) is 0 Å². The van der Waals surface area contributed by atoms with Crippen molar-refractivity contribution in [3.05, 3.63) is 0 Å². The monoisotopic (exact) mass is 382 g/mol. The lowest BCUT2D eigenvalue weighted by Gasteiger charge is -2.40. The van der Waals surface area contributed by atoms with Crippen molar-refractivity contribution in [1.82, 2.24) is 5.32 Å². The second-order valence-electron chi connectivity index (χ2n) is 9.33. The fraction of sp³-hybridized carbons (Fsp3) is 1.00. The summed E-state index contributed by atoms with van der Waals surface area (Å²) in [4.78, 5) is 0. The Kier molecular flexibility index (Phi) is 12.4. The van der Waals surface area contributed by atoms with Crippen LogP contribution in [0.3, 0.4) is 0 Å². The third kappa shape index (κ3) is 14.3. The number of rotatable bonds is 9. The number of hydrogen-bond donors (Lipinski definition) is 2. The Morgan fingerprint density at radius 2 is 1.27 bits per heavy atom. The largest absolute Gasteiger partial charge is 0.456 e. The highest BCUT2D eigenvalue weighted by Gasteiger charge is 2.41. The molecular formula is C15H46N2OSi4. The summed E-state index contributed by atoms with van der Waals surface area (Å²) in [6, 6.07) is 0. The van der Waals surface area contributed by atoms with E-state index in [2.05, 4.69) is 64.2 Å². The van der Waals surface area contributed by atoms with Crippen LogP contribution in [0.15, 0.2) is 0 Å². The van der Waals surface area contributed by atoms with Crippen LogP contribution in [0, 0.1) is 0 Å². The van der Waals surface area contributed by atoms with Crippen molar-refractivity contribution < 1.29 is 4.12 Å². The van der Waals surface area contributed by atoms with Gasteiger partial charge in [-0.25, -0.2) is 0 Å². The predicted octanol–water partition coefficient (Wildman–Crippen LogP) is 4.86. The molecule has 0 saturated carbocycles. The Balaban J connectivity index is -0.00000180. The van der Waals surface area contributed by atoms with E-state index in [0.717, 1.165) is 6.17 Å². The molecule has 0 rings (SSSR count). The van der Waals surface area contributed by atoms with E-state index in [0.29, 0.717) is 6.67 Å². The van der Waals surface area contributed by atoms with E-state index in [1.165, 1.54) is 11.3 Å². The van der Waals surface area contributed by atoms with Gasteiger partial charge in [-0.3, -0.25) is 0 Å². The van der Waals surface area contributed by atoms with E-state index in [9.17, 15) is 0 Å². The second kappa shape index (κ2) is 9.90. The van der Waals surface area contributed by atoms with Gasteiger partial charge >= 0.3 is 0 Å². The average molecular weight is 383 g/mol. The Hall–Kier alpha value is 0.748. The molecule has 0 aromatic rings. The Labute approximate surface area is 146 Å². The first kappa shape index (κ1) is 27.6. The van der Waals surface area contributed by atoms with E-state index < -0.39 is 32.8 Å². The van der Waals surface area contributed by atoms with Crippen LogP contribution in [0.1, 0.15) is 14.9 Å². The van der Waals surface area contributed by atoms with E-state index >= 15 is 0 Å². The molecule has 0 aromatic heterocycles. The van der Waals surface area contributed by atoms with Crippen LogP contribution < -0.4 is 11.1 Å². The van der Waals surface area contributed by atoms with Crippen molar-refractivity contribution in [2.75, 3.05) is 12.8 Å². The molecule has 0 amide bonds. The first-order valence-corrected chi connectivity index (χ1v) is 21.1. The lowest BCUT2D eigenvalue weighted by molar-refractivity contribution is 0.555. The lowest BCUT2D eigenvalue weighted by Crippen LogP contribution is -2.56. The zero-order chi connectivity index (χ0) is 16.2. The van der Waals surface area contributed by atoms with Gasteiger partial charge in [0.15, 0.2) is 16.6 Å². The summed E-state index contributed by atoms with van der Waals surface area (Å²) >= 11 is 0. The highest BCUT2D eigenvalue weighted by atomic mass is 28.5. The maximum atomic E-state index is 6.58. The fourth-order valence-corrected chi connectivity index (χ4v) is 33.1. The average Bonchev–Trinajstić information content (AvgIpc) is 2.05. The van der Waals surface area contributed by atoms with Gasteiger partial charge in [0, 0.05) is 14.7 Å². The Bertz CT molecular complexity index is 301. The molecule has 0 heterocycles. The van der Waals surface area contributed by atoms with E-state index in [4.69, 9.17) is 9.85 Å². The van der Waals surface area contributed by atoms with Crippen LogP contribution in [0.4, 0.5) is 0 Å². The summed E-state index contributed by atoms with van der Waals surface area (Å²) in [5.74, 6) is 0. The molecule has 22 heavy (non-hydrogen) atoms. The van der Waals surface area contributed by atoms with Crippen molar-refractivity contribution in [2.24, 2.45) is 5.73 Å². The zero-order valence-corrected chi connectivity index (χ0v) is 19.3.